The van der Waals surface area contributed by atoms with E-state index >= 15 is 0 Å². The van der Waals surface area contributed by atoms with Gasteiger partial charge in [-0.05, 0) is 29.9 Å². The van der Waals surface area contributed by atoms with Crippen molar-refractivity contribution in [3.8, 4) is 0 Å². The third-order valence-corrected chi connectivity index (χ3v) is 6.05. The van der Waals surface area contributed by atoms with Crippen molar-refractivity contribution in [2.45, 2.75) is 17.2 Å². The Labute approximate surface area is 142 Å². The van der Waals surface area contributed by atoms with E-state index in [4.69, 9.17) is 0 Å². The van der Waals surface area contributed by atoms with Gasteiger partial charge < -0.3 is 5.32 Å². The molecule has 0 radical (unpaired) electrons. The van der Waals surface area contributed by atoms with Gasteiger partial charge in [0.05, 0.1) is 0 Å². The van der Waals surface area contributed by atoms with E-state index in [1.807, 2.05) is 0 Å². The van der Waals surface area contributed by atoms with E-state index in [1.165, 1.54) is 10.4 Å². The Morgan fingerprint density at radius 3 is 2.73 bits per heavy atom. The van der Waals surface area contributed by atoms with Crippen LogP contribution in [0.4, 0.5) is 5.13 Å². The normalized spacial score (nSPS) is 10.7. The van der Waals surface area contributed by atoms with E-state index in [2.05, 4.69) is 63.4 Å². The van der Waals surface area contributed by atoms with Crippen molar-refractivity contribution >= 4 is 39.6 Å². The standard InChI is InChI=1S/C16H17N3S3/c1-2-5-13(6-3-1)9-12-21-16-19-18-15(22-16)17-10-8-14-7-4-11-20-14/h1-7,11H,8-10,12H2,(H,17,18). The molecule has 0 bridgehead atoms. The second kappa shape index (κ2) is 8.31. The number of thiophene rings is 1. The van der Waals surface area contributed by atoms with Crippen LogP contribution in [-0.2, 0) is 12.8 Å². The third kappa shape index (κ3) is 4.83. The Morgan fingerprint density at radius 2 is 1.91 bits per heavy atom. The van der Waals surface area contributed by atoms with Gasteiger partial charge in [-0.1, -0.05) is 59.5 Å². The summed E-state index contributed by atoms with van der Waals surface area (Å²) in [6.07, 6.45) is 2.10. The van der Waals surface area contributed by atoms with Crippen LogP contribution < -0.4 is 5.32 Å². The van der Waals surface area contributed by atoms with Gasteiger partial charge >= 0.3 is 0 Å². The smallest absolute Gasteiger partial charge is 0.206 e. The Hall–Kier alpha value is -1.37. The van der Waals surface area contributed by atoms with Gasteiger partial charge in [0.25, 0.3) is 0 Å². The topological polar surface area (TPSA) is 37.8 Å². The van der Waals surface area contributed by atoms with E-state index in [0.717, 1.165) is 34.6 Å². The average molecular weight is 348 g/mol. The maximum absolute atomic E-state index is 4.23. The summed E-state index contributed by atoms with van der Waals surface area (Å²) < 4.78 is 1.04. The fourth-order valence-corrected chi connectivity index (χ4v) is 4.53. The van der Waals surface area contributed by atoms with Gasteiger partial charge in [0.1, 0.15) is 0 Å². The SMILES string of the molecule is c1ccc(CCSc2nnc(NCCc3cccs3)s2)cc1. The molecule has 0 saturated heterocycles. The highest BCUT2D eigenvalue weighted by molar-refractivity contribution is 8.01. The largest absolute Gasteiger partial charge is 0.360 e. The molecule has 2 aromatic heterocycles. The molecule has 0 atom stereocenters. The molecule has 22 heavy (non-hydrogen) atoms. The van der Waals surface area contributed by atoms with E-state index in [0.29, 0.717) is 0 Å². The number of nitrogens with one attached hydrogen (secondary N) is 1. The number of aryl methyl sites for hydroxylation is 1. The predicted molar refractivity (Wildman–Crippen MR) is 97.3 cm³/mol. The van der Waals surface area contributed by atoms with Gasteiger partial charge in [-0.15, -0.1) is 21.5 Å². The first-order chi connectivity index (χ1) is 10.9. The molecule has 0 aliphatic heterocycles. The van der Waals surface area contributed by atoms with Crippen molar-refractivity contribution in [2.24, 2.45) is 0 Å². The van der Waals surface area contributed by atoms with Gasteiger partial charge in [-0.25, -0.2) is 0 Å². The summed E-state index contributed by atoms with van der Waals surface area (Å²) in [5, 5.41) is 14.8. The van der Waals surface area contributed by atoms with Crippen molar-refractivity contribution in [2.75, 3.05) is 17.6 Å². The summed E-state index contributed by atoms with van der Waals surface area (Å²) in [5.74, 6) is 1.04. The molecule has 0 amide bonds. The molecular weight excluding hydrogens is 330 g/mol. The fraction of sp³-hybridized carbons (Fsp3) is 0.250. The lowest BCUT2D eigenvalue weighted by Gasteiger charge is -1.99. The molecule has 3 nitrogen and oxygen atoms in total. The van der Waals surface area contributed by atoms with Gasteiger partial charge in [0.15, 0.2) is 4.34 Å². The predicted octanol–water partition coefficient (Wildman–Crippen LogP) is 4.59. The van der Waals surface area contributed by atoms with Gasteiger partial charge in [-0.2, -0.15) is 0 Å². The molecule has 0 aliphatic carbocycles. The number of hydrogen-bond acceptors (Lipinski definition) is 6. The second-order valence-electron chi connectivity index (χ2n) is 4.71. The molecule has 0 spiro atoms. The number of anilines is 1. The lowest BCUT2D eigenvalue weighted by molar-refractivity contribution is 0.979. The van der Waals surface area contributed by atoms with Crippen LogP contribution in [0.25, 0.3) is 0 Å². The molecule has 3 aromatic rings. The summed E-state index contributed by atoms with van der Waals surface area (Å²) in [7, 11) is 0. The minimum Gasteiger partial charge on any atom is -0.360 e. The first-order valence-corrected chi connectivity index (χ1v) is 9.85. The van der Waals surface area contributed by atoms with E-state index in [1.54, 1.807) is 34.4 Å². The molecule has 6 heteroatoms. The summed E-state index contributed by atoms with van der Waals surface area (Å²) in [6.45, 7) is 0.907. The van der Waals surface area contributed by atoms with Gasteiger partial charge in [0.2, 0.25) is 5.13 Å². The zero-order valence-corrected chi connectivity index (χ0v) is 14.5. The first kappa shape index (κ1) is 15.5. The Bertz CT molecular complexity index is 665. The monoisotopic (exact) mass is 347 g/mol. The molecule has 0 unspecified atom stereocenters. The number of aromatic nitrogens is 2. The average Bonchev–Trinajstić information content (AvgIpc) is 3.21. The zero-order valence-electron chi connectivity index (χ0n) is 12.1. The Morgan fingerprint density at radius 1 is 1.00 bits per heavy atom. The van der Waals surface area contributed by atoms with Gasteiger partial charge in [0, 0.05) is 17.2 Å². The highest BCUT2D eigenvalue weighted by atomic mass is 32.2. The third-order valence-electron chi connectivity index (χ3n) is 3.09. The van der Waals surface area contributed by atoms with E-state index in [9.17, 15) is 0 Å². The summed E-state index contributed by atoms with van der Waals surface area (Å²) in [6, 6.07) is 14.8. The molecule has 0 saturated carbocycles. The molecule has 2 heterocycles. The minimum absolute atomic E-state index is 0.907. The van der Waals surface area contributed by atoms with Crippen LogP contribution in [0.15, 0.2) is 52.2 Å². The van der Waals surface area contributed by atoms with Crippen LogP contribution in [-0.4, -0.2) is 22.5 Å². The molecule has 0 fully saturated rings. The maximum atomic E-state index is 4.23. The molecule has 3 rings (SSSR count). The molecular formula is C16H17N3S3. The van der Waals surface area contributed by atoms with Crippen molar-refractivity contribution in [1.82, 2.24) is 10.2 Å². The van der Waals surface area contributed by atoms with E-state index < -0.39 is 0 Å². The Balaban J connectivity index is 1.39. The zero-order chi connectivity index (χ0) is 15.0. The van der Waals surface area contributed by atoms with Crippen LogP contribution in [0, 0.1) is 0 Å². The van der Waals surface area contributed by atoms with Crippen LogP contribution >= 0.6 is 34.4 Å². The quantitative estimate of drug-likeness (QED) is 0.605. The highest BCUT2D eigenvalue weighted by Crippen LogP contribution is 2.26. The molecule has 1 aromatic carbocycles. The number of thioether (sulfide) groups is 1. The summed E-state index contributed by atoms with van der Waals surface area (Å²) >= 11 is 5.21. The van der Waals surface area contributed by atoms with Crippen LogP contribution in [0.5, 0.6) is 0 Å². The maximum Gasteiger partial charge on any atom is 0.206 e. The van der Waals surface area contributed by atoms with Crippen molar-refractivity contribution in [3.63, 3.8) is 0 Å². The number of nitrogens with zero attached hydrogens (tertiary/aromatic N) is 2. The fourth-order valence-electron chi connectivity index (χ4n) is 1.99. The summed E-state index contributed by atoms with van der Waals surface area (Å²) in [5.41, 5.74) is 1.37. The lowest BCUT2D eigenvalue weighted by atomic mass is 10.2. The molecule has 1 N–H and O–H groups in total. The first-order valence-electron chi connectivity index (χ1n) is 7.16. The van der Waals surface area contributed by atoms with Crippen LogP contribution in [0.1, 0.15) is 10.4 Å². The molecule has 0 aliphatic rings. The number of benzene rings is 1. The van der Waals surface area contributed by atoms with Crippen molar-refractivity contribution in [1.29, 1.82) is 0 Å². The minimum atomic E-state index is 0.907. The number of hydrogen-bond donors (Lipinski definition) is 1. The number of rotatable bonds is 8. The van der Waals surface area contributed by atoms with Crippen LogP contribution in [0.3, 0.4) is 0 Å². The van der Waals surface area contributed by atoms with E-state index in [-0.39, 0.29) is 0 Å². The van der Waals surface area contributed by atoms with Gasteiger partial charge in [-0.3, -0.25) is 0 Å². The lowest BCUT2D eigenvalue weighted by Crippen LogP contribution is -2.03. The molecule has 114 valence electrons. The van der Waals surface area contributed by atoms with Crippen molar-refractivity contribution < 1.29 is 0 Å². The Kier molecular flexibility index (Phi) is 5.86. The summed E-state index contributed by atoms with van der Waals surface area (Å²) in [4.78, 5) is 1.40. The van der Waals surface area contributed by atoms with Crippen molar-refractivity contribution in [3.05, 3.63) is 58.3 Å². The highest BCUT2D eigenvalue weighted by Gasteiger charge is 2.04. The van der Waals surface area contributed by atoms with Crippen LogP contribution in [0.2, 0.25) is 0 Å². The second-order valence-corrected chi connectivity index (χ2v) is 8.07.